The number of nitrogens with one attached hydrogen (secondary N) is 1. The van der Waals surface area contributed by atoms with E-state index in [4.69, 9.17) is 14.3 Å². The maximum atomic E-state index is 5.46. The summed E-state index contributed by atoms with van der Waals surface area (Å²) in [7, 11) is 2.13. The van der Waals surface area contributed by atoms with E-state index in [1.165, 1.54) is 24.8 Å². The predicted octanol–water partition coefficient (Wildman–Crippen LogP) is 4.17. The van der Waals surface area contributed by atoms with E-state index in [0.717, 1.165) is 69.0 Å². The highest BCUT2D eigenvalue weighted by atomic mass is 127. The normalized spacial score (nSPS) is 14.9. The predicted molar refractivity (Wildman–Crippen MR) is 135 cm³/mol. The molecular weight excluding hydrogens is 505 g/mol. The summed E-state index contributed by atoms with van der Waals surface area (Å²) >= 11 is 0. The highest BCUT2D eigenvalue weighted by Crippen LogP contribution is 2.19. The van der Waals surface area contributed by atoms with Gasteiger partial charge in [-0.1, -0.05) is 24.2 Å². The molecule has 172 valence electrons. The van der Waals surface area contributed by atoms with E-state index in [1.54, 1.807) is 0 Å². The standard InChI is InChI=1S/C23H35N5O2.HI/c1-4-21-26-22(30-27-21)20-8-6-18(7-9-20)10-14-25-23(24-5-2)28(3)15-11-19-12-16-29-17-13-19;/h6-9,19H,4-5,10-17H2,1-3H3,(H,24,25);1H. The first-order valence-corrected chi connectivity index (χ1v) is 11.2. The molecule has 1 fully saturated rings. The minimum Gasteiger partial charge on any atom is -0.381 e. The Balaban J connectivity index is 0.00000341. The second kappa shape index (κ2) is 13.7. The molecule has 0 spiro atoms. The molecular formula is C23H36IN5O2. The molecule has 1 aromatic carbocycles. The van der Waals surface area contributed by atoms with Gasteiger partial charge in [0.25, 0.3) is 5.89 Å². The van der Waals surface area contributed by atoms with Crippen molar-refractivity contribution in [1.82, 2.24) is 20.4 Å². The first kappa shape index (κ1) is 25.6. The Morgan fingerprint density at radius 2 is 1.94 bits per heavy atom. The van der Waals surface area contributed by atoms with E-state index >= 15 is 0 Å². The van der Waals surface area contributed by atoms with Gasteiger partial charge in [-0.3, -0.25) is 4.99 Å². The van der Waals surface area contributed by atoms with Crippen molar-refractivity contribution >= 4 is 29.9 Å². The van der Waals surface area contributed by atoms with E-state index < -0.39 is 0 Å². The number of aromatic nitrogens is 2. The van der Waals surface area contributed by atoms with Crippen molar-refractivity contribution in [2.75, 3.05) is 39.9 Å². The van der Waals surface area contributed by atoms with E-state index in [2.05, 4.69) is 46.5 Å². The summed E-state index contributed by atoms with van der Waals surface area (Å²) in [5.41, 5.74) is 2.20. The smallest absolute Gasteiger partial charge is 0.257 e. The second-order valence-electron chi connectivity index (χ2n) is 7.82. The Morgan fingerprint density at radius 3 is 2.58 bits per heavy atom. The van der Waals surface area contributed by atoms with Gasteiger partial charge in [0, 0.05) is 51.9 Å². The van der Waals surface area contributed by atoms with Gasteiger partial charge in [0.2, 0.25) is 0 Å². The number of nitrogens with zero attached hydrogens (tertiary/aromatic N) is 4. The average molecular weight is 541 g/mol. The van der Waals surface area contributed by atoms with Crippen LogP contribution in [0.25, 0.3) is 11.5 Å². The van der Waals surface area contributed by atoms with E-state index in [-0.39, 0.29) is 24.0 Å². The van der Waals surface area contributed by atoms with Crippen molar-refractivity contribution in [2.24, 2.45) is 10.9 Å². The van der Waals surface area contributed by atoms with Gasteiger partial charge in [-0.2, -0.15) is 4.98 Å². The van der Waals surface area contributed by atoms with Crippen LogP contribution in [0.5, 0.6) is 0 Å². The molecule has 0 radical (unpaired) electrons. The van der Waals surface area contributed by atoms with Crippen LogP contribution in [-0.2, 0) is 17.6 Å². The summed E-state index contributed by atoms with van der Waals surface area (Å²) < 4.78 is 10.8. The third-order valence-corrected chi connectivity index (χ3v) is 5.56. The molecule has 0 aliphatic carbocycles. The Kier molecular flexibility index (Phi) is 11.3. The number of halogens is 1. The first-order chi connectivity index (χ1) is 14.7. The fourth-order valence-electron chi connectivity index (χ4n) is 3.61. The number of benzene rings is 1. The van der Waals surface area contributed by atoms with Crippen LogP contribution < -0.4 is 5.32 Å². The Labute approximate surface area is 203 Å². The third kappa shape index (κ3) is 8.07. The summed E-state index contributed by atoms with van der Waals surface area (Å²) in [6.45, 7) is 8.60. The Bertz CT molecular complexity index is 788. The summed E-state index contributed by atoms with van der Waals surface area (Å²) in [5.74, 6) is 3.08. The average Bonchev–Trinajstić information content (AvgIpc) is 3.27. The molecule has 2 heterocycles. The van der Waals surface area contributed by atoms with Crippen LogP contribution >= 0.6 is 24.0 Å². The highest BCUT2D eigenvalue weighted by Gasteiger charge is 2.15. The molecule has 0 atom stereocenters. The molecule has 0 saturated carbocycles. The van der Waals surface area contributed by atoms with Crippen LogP contribution in [0.1, 0.15) is 44.5 Å². The molecule has 1 aromatic heterocycles. The maximum absolute atomic E-state index is 5.46. The minimum atomic E-state index is 0. The number of ether oxygens (including phenoxy) is 1. The zero-order valence-corrected chi connectivity index (χ0v) is 21.3. The van der Waals surface area contributed by atoms with Crippen molar-refractivity contribution in [3.8, 4) is 11.5 Å². The van der Waals surface area contributed by atoms with E-state index in [9.17, 15) is 0 Å². The molecule has 1 aliphatic rings. The number of hydrogen-bond acceptors (Lipinski definition) is 5. The molecule has 0 bridgehead atoms. The van der Waals surface area contributed by atoms with Gasteiger partial charge >= 0.3 is 0 Å². The highest BCUT2D eigenvalue weighted by molar-refractivity contribution is 14.0. The van der Waals surface area contributed by atoms with Gasteiger partial charge in [0.1, 0.15) is 0 Å². The van der Waals surface area contributed by atoms with Crippen molar-refractivity contribution in [1.29, 1.82) is 0 Å². The molecule has 2 aromatic rings. The molecule has 31 heavy (non-hydrogen) atoms. The molecule has 0 amide bonds. The van der Waals surface area contributed by atoms with E-state index in [0.29, 0.717) is 5.89 Å². The van der Waals surface area contributed by atoms with Gasteiger partial charge < -0.3 is 19.5 Å². The fourth-order valence-corrected chi connectivity index (χ4v) is 3.61. The maximum Gasteiger partial charge on any atom is 0.257 e. The van der Waals surface area contributed by atoms with Crippen LogP contribution in [0.15, 0.2) is 33.8 Å². The summed E-state index contributed by atoms with van der Waals surface area (Å²) in [6.07, 6.45) is 5.23. The van der Waals surface area contributed by atoms with E-state index in [1.807, 2.05) is 19.1 Å². The first-order valence-electron chi connectivity index (χ1n) is 11.2. The molecule has 8 heteroatoms. The number of aryl methyl sites for hydroxylation is 1. The molecule has 1 aliphatic heterocycles. The van der Waals surface area contributed by atoms with Gasteiger partial charge in [-0.15, -0.1) is 24.0 Å². The molecule has 0 unspecified atom stereocenters. The second-order valence-corrected chi connectivity index (χ2v) is 7.82. The lowest BCUT2D eigenvalue weighted by Gasteiger charge is -2.26. The van der Waals surface area contributed by atoms with Crippen molar-refractivity contribution < 1.29 is 9.26 Å². The van der Waals surface area contributed by atoms with Gasteiger partial charge in [-0.25, -0.2) is 0 Å². The fraction of sp³-hybridized carbons (Fsp3) is 0.609. The van der Waals surface area contributed by atoms with Crippen molar-refractivity contribution in [2.45, 2.75) is 46.0 Å². The lowest BCUT2D eigenvalue weighted by atomic mass is 9.96. The lowest BCUT2D eigenvalue weighted by Crippen LogP contribution is -2.40. The third-order valence-electron chi connectivity index (χ3n) is 5.56. The zero-order chi connectivity index (χ0) is 21.2. The summed E-state index contributed by atoms with van der Waals surface area (Å²) in [5, 5.41) is 7.38. The number of hydrogen-bond donors (Lipinski definition) is 1. The topological polar surface area (TPSA) is 75.8 Å². The molecule has 7 nitrogen and oxygen atoms in total. The minimum absolute atomic E-state index is 0. The number of rotatable bonds is 9. The SMILES string of the molecule is CCNC(=NCCc1ccc(-c2nc(CC)no2)cc1)N(C)CCC1CCOCC1.I. The van der Waals surface area contributed by atoms with Crippen LogP contribution in [0.3, 0.4) is 0 Å². The lowest BCUT2D eigenvalue weighted by molar-refractivity contribution is 0.0625. The molecule has 1 N–H and O–H groups in total. The van der Waals surface area contributed by atoms with Gasteiger partial charge in [0.05, 0.1) is 0 Å². The number of guanidine groups is 1. The summed E-state index contributed by atoms with van der Waals surface area (Å²) in [6, 6.07) is 8.30. The van der Waals surface area contributed by atoms with Crippen LogP contribution in [0.4, 0.5) is 0 Å². The Morgan fingerprint density at radius 1 is 1.19 bits per heavy atom. The van der Waals surface area contributed by atoms with Gasteiger partial charge in [-0.05, 0) is 56.2 Å². The van der Waals surface area contributed by atoms with Crippen molar-refractivity contribution in [3.63, 3.8) is 0 Å². The quantitative estimate of drug-likeness (QED) is 0.292. The van der Waals surface area contributed by atoms with Crippen LogP contribution in [0.2, 0.25) is 0 Å². The molecule has 3 rings (SSSR count). The van der Waals surface area contributed by atoms with Gasteiger partial charge in [0.15, 0.2) is 11.8 Å². The van der Waals surface area contributed by atoms with Crippen molar-refractivity contribution in [3.05, 3.63) is 35.7 Å². The monoisotopic (exact) mass is 541 g/mol. The zero-order valence-electron chi connectivity index (χ0n) is 19.0. The number of aliphatic imine (C=N–C) groups is 1. The molecule has 1 saturated heterocycles. The Hall–Kier alpha value is -1.68. The summed E-state index contributed by atoms with van der Waals surface area (Å²) in [4.78, 5) is 11.5. The largest absolute Gasteiger partial charge is 0.381 e. The van der Waals surface area contributed by atoms with Crippen LogP contribution in [0, 0.1) is 5.92 Å². The van der Waals surface area contributed by atoms with Crippen LogP contribution in [-0.4, -0.2) is 60.9 Å².